The molecule has 272 valence electrons. The van der Waals surface area contributed by atoms with Gasteiger partial charge in [-0.2, -0.15) is 0 Å². The molecule has 2 aromatic heterocycles. The number of fused-ring (bicyclic) bond motifs is 1. The number of carbonyl (C=O) groups is 1. The number of amides is 1. The summed E-state index contributed by atoms with van der Waals surface area (Å²) in [5.74, 6) is 1.60. The van der Waals surface area contributed by atoms with Crippen molar-refractivity contribution in [3.8, 4) is 17.2 Å². The molecule has 3 fully saturated rings. The van der Waals surface area contributed by atoms with E-state index in [0.29, 0.717) is 18.1 Å². The van der Waals surface area contributed by atoms with Gasteiger partial charge in [-0.3, -0.25) is 14.7 Å². The van der Waals surface area contributed by atoms with Crippen molar-refractivity contribution >= 4 is 11.7 Å². The normalized spacial score (nSPS) is 18.2. The quantitative estimate of drug-likeness (QED) is 0.300. The number of anilines is 1. The van der Waals surface area contributed by atoms with Crippen molar-refractivity contribution in [1.29, 1.82) is 0 Å². The van der Waals surface area contributed by atoms with Gasteiger partial charge in [0.15, 0.2) is 11.6 Å². The number of benzene rings is 1. The molecule has 1 spiro atoms. The summed E-state index contributed by atoms with van der Waals surface area (Å²) in [5, 5.41) is 0. The minimum absolute atomic E-state index is 0. The molecular weight excluding hydrogens is 770 g/mol. The number of morpholine rings is 1. The molecule has 3 aromatic rings. The summed E-state index contributed by atoms with van der Waals surface area (Å²) in [6.07, 6.45) is 8.09. The van der Waals surface area contributed by atoms with Gasteiger partial charge in [-0.1, -0.05) is 6.92 Å². The van der Waals surface area contributed by atoms with Gasteiger partial charge in [-0.25, -0.2) is 14.4 Å². The number of halogens is 1. The Bertz CT molecular complexity index is 1590. The smallest absolute Gasteiger partial charge is 0.490 e. The van der Waals surface area contributed by atoms with E-state index >= 15 is 0 Å². The number of likely N-dealkylation sites (N-methyl/N-ethyl adjacent to an activating group) is 2. The minimum Gasteiger partial charge on any atom is -0.490 e. The maximum absolute atomic E-state index is 14.2. The van der Waals surface area contributed by atoms with Crippen LogP contribution in [0.15, 0.2) is 43.0 Å². The average molecular weight is 824 g/mol. The zero-order valence-corrected chi connectivity index (χ0v) is 37.8. The largest absolute Gasteiger partial charge is 1.00 e. The van der Waals surface area contributed by atoms with Crippen molar-refractivity contribution in [2.45, 2.75) is 65.6 Å². The van der Waals surface area contributed by atoms with Gasteiger partial charge in [-0.15, -0.1) is 0 Å². The molecule has 7 rings (SSSR count). The van der Waals surface area contributed by atoms with E-state index in [9.17, 15) is 9.18 Å². The molecule has 0 radical (unpaired) electrons. The van der Waals surface area contributed by atoms with Gasteiger partial charge in [0.1, 0.15) is 29.7 Å². The molecule has 11 nitrogen and oxygen atoms in total. The summed E-state index contributed by atoms with van der Waals surface area (Å²) in [7, 11) is 2.11. The van der Waals surface area contributed by atoms with E-state index in [0.717, 1.165) is 89.7 Å². The van der Waals surface area contributed by atoms with Crippen molar-refractivity contribution in [1.82, 2.24) is 29.7 Å². The summed E-state index contributed by atoms with van der Waals surface area (Å²) in [5.41, 5.74) is 2.76. The van der Waals surface area contributed by atoms with Crippen LogP contribution in [0.2, 0.25) is 0 Å². The van der Waals surface area contributed by atoms with Crippen molar-refractivity contribution in [2.75, 3.05) is 71.0 Å². The third-order valence-electron chi connectivity index (χ3n) is 10.1. The predicted octanol–water partition coefficient (Wildman–Crippen LogP) is 2.50. The molecule has 1 amide bonds. The molecule has 3 aliphatic heterocycles. The van der Waals surface area contributed by atoms with Crippen LogP contribution >= 0.6 is 0 Å². The number of nitrogens with zero attached hydrogens (tertiary/aromatic N) is 7. The Labute approximate surface area is 362 Å². The first-order chi connectivity index (χ1) is 23.7. The number of hydrogen-bond donors (Lipinski definition) is 0. The fourth-order valence-electron chi connectivity index (χ4n) is 7.24. The SMILES string of the molecule is CCN1CCc2nccc(OC3CC4(C3)CN(c3ncncc3Oc3ccc(F)cc3C(=O)N(CC)C(C)C)C4)c2C1.CN1CCOCC1.[CH3-].[Cs+]. The zero-order valence-electron chi connectivity index (χ0n) is 31.5. The Hall–Kier alpha value is -1.82. The first-order valence-corrected chi connectivity index (χ1v) is 17.6. The molecule has 1 saturated carbocycles. The topological polar surface area (TPSA) is 96.4 Å². The van der Waals surface area contributed by atoms with Crippen LogP contribution in [-0.4, -0.2) is 114 Å². The van der Waals surface area contributed by atoms with Crippen molar-refractivity contribution in [3.63, 3.8) is 0 Å². The first-order valence-electron chi connectivity index (χ1n) is 17.6. The van der Waals surface area contributed by atoms with Crippen LogP contribution in [0.25, 0.3) is 0 Å². The number of carbonyl (C=O) groups excluding carboxylic acids is 1. The summed E-state index contributed by atoms with van der Waals surface area (Å²) in [6.45, 7) is 17.1. The number of rotatable bonds is 9. The first kappa shape index (κ1) is 41.9. The Morgan fingerprint density at radius 1 is 1.08 bits per heavy atom. The number of hydrogen-bond acceptors (Lipinski definition) is 10. The molecule has 0 bridgehead atoms. The minimum atomic E-state index is -0.489. The Morgan fingerprint density at radius 3 is 2.47 bits per heavy atom. The van der Waals surface area contributed by atoms with Crippen molar-refractivity contribution in [3.05, 3.63) is 73.1 Å². The number of aromatic nitrogens is 3. The van der Waals surface area contributed by atoms with Gasteiger partial charge in [0.2, 0.25) is 0 Å². The van der Waals surface area contributed by atoms with Crippen LogP contribution in [0.1, 0.15) is 62.2 Å². The molecule has 0 atom stereocenters. The molecule has 13 heteroatoms. The molecule has 2 saturated heterocycles. The van der Waals surface area contributed by atoms with Gasteiger partial charge >= 0.3 is 68.9 Å². The fourth-order valence-corrected chi connectivity index (χ4v) is 7.24. The van der Waals surface area contributed by atoms with E-state index in [2.05, 4.69) is 43.6 Å². The van der Waals surface area contributed by atoms with Crippen molar-refractivity contribution in [2.24, 2.45) is 5.41 Å². The molecule has 1 aliphatic carbocycles. The molecule has 1 aromatic carbocycles. The van der Waals surface area contributed by atoms with Gasteiger partial charge < -0.3 is 36.3 Å². The molecular formula is C38H53CsFN7O4. The van der Waals surface area contributed by atoms with E-state index in [4.69, 9.17) is 14.2 Å². The molecule has 4 aliphatic rings. The second kappa shape index (κ2) is 19.0. The third kappa shape index (κ3) is 10.0. The Kier molecular flexibility index (Phi) is 15.6. The van der Waals surface area contributed by atoms with Crippen molar-refractivity contribution < 1.29 is 92.3 Å². The third-order valence-corrected chi connectivity index (χ3v) is 10.1. The maximum Gasteiger partial charge on any atom is 1.00 e. The average Bonchev–Trinajstić information content (AvgIpc) is 3.07. The van der Waals surface area contributed by atoms with E-state index < -0.39 is 5.82 Å². The molecule has 51 heavy (non-hydrogen) atoms. The van der Waals surface area contributed by atoms with Crippen LogP contribution in [0.4, 0.5) is 10.2 Å². The summed E-state index contributed by atoms with van der Waals surface area (Å²) in [6, 6.07) is 6.01. The van der Waals surface area contributed by atoms with Gasteiger partial charge in [0, 0.05) is 81.1 Å². The van der Waals surface area contributed by atoms with Crippen LogP contribution < -0.4 is 83.3 Å². The fraction of sp³-hybridized carbons (Fsp3) is 0.553. The maximum atomic E-state index is 14.2. The van der Waals surface area contributed by atoms with Gasteiger partial charge in [-0.05, 0) is 71.5 Å². The van der Waals surface area contributed by atoms with Crippen LogP contribution in [0, 0.1) is 18.7 Å². The van der Waals surface area contributed by atoms with Gasteiger partial charge in [0.25, 0.3) is 5.91 Å². The zero-order chi connectivity index (χ0) is 34.5. The summed E-state index contributed by atoms with van der Waals surface area (Å²) >= 11 is 0. The van der Waals surface area contributed by atoms with Crippen LogP contribution in [-0.2, 0) is 17.7 Å². The summed E-state index contributed by atoms with van der Waals surface area (Å²) < 4.78 is 32.1. The number of pyridine rings is 1. The molecule has 0 unspecified atom stereocenters. The second-order valence-corrected chi connectivity index (χ2v) is 13.9. The van der Waals surface area contributed by atoms with Gasteiger partial charge in [0.05, 0.1) is 25.0 Å². The monoisotopic (exact) mass is 823 g/mol. The van der Waals surface area contributed by atoms with E-state index in [-0.39, 0.29) is 111 Å². The van der Waals surface area contributed by atoms with Crippen LogP contribution in [0.5, 0.6) is 17.2 Å². The number of ether oxygens (including phenoxy) is 3. The molecule has 5 heterocycles. The van der Waals surface area contributed by atoms with E-state index in [1.807, 2.05) is 33.0 Å². The Balaban J connectivity index is 0.000000581. The predicted molar refractivity (Wildman–Crippen MR) is 192 cm³/mol. The second-order valence-electron chi connectivity index (χ2n) is 13.9. The summed E-state index contributed by atoms with van der Waals surface area (Å²) in [4.78, 5) is 35.1. The Morgan fingerprint density at radius 2 is 1.82 bits per heavy atom. The van der Waals surface area contributed by atoms with E-state index in [1.165, 1.54) is 30.1 Å². The standard InChI is InChI=1S/C32H39FN6O3.C5H11NO.CH3.Cs/c1-5-37-12-10-26-25(17-37)28(9-11-35-26)41-23-14-32(15-23)18-38(19-32)30-29(16-34-20-36-30)42-27-8-7-22(33)13-24(27)31(40)39(6-2)21(3)4;1-6-2-4-7-5-3-6;;/h7-9,11,13,16,20-21,23H,5-6,10,12,14-15,17-19H2,1-4H3;2-5H2,1H3;1H3;/q;;-1;+1. The molecule has 0 N–H and O–H groups in total. The van der Waals surface area contributed by atoms with Crippen LogP contribution in [0.3, 0.4) is 0 Å². The van der Waals surface area contributed by atoms with E-state index in [1.54, 1.807) is 11.1 Å².